The lowest BCUT2D eigenvalue weighted by molar-refractivity contribution is -0.400. The third kappa shape index (κ3) is 2.67. The van der Waals surface area contributed by atoms with Crippen molar-refractivity contribution in [3.05, 3.63) is 38.2 Å². The molecule has 1 heterocycles. The topological polar surface area (TPSA) is 69.4 Å². The number of carbonyl (C=O) groups is 1. The smallest absolute Gasteiger partial charge is 0.338 e. The van der Waals surface area contributed by atoms with Crippen LogP contribution in [0.25, 0.3) is 6.08 Å². The maximum absolute atomic E-state index is 11.0. The van der Waals surface area contributed by atoms with Gasteiger partial charge in [0.25, 0.3) is 0 Å². The zero-order chi connectivity index (χ0) is 10.6. The molecule has 0 saturated carbocycles. The molecule has 0 aliphatic rings. The fourth-order valence-electron chi connectivity index (χ4n) is 0.799. The van der Waals surface area contributed by atoms with Gasteiger partial charge in [-0.15, -0.1) is 11.3 Å². The van der Waals surface area contributed by atoms with Gasteiger partial charge < -0.3 is 4.74 Å². The first-order chi connectivity index (χ1) is 6.63. The van der Waals surface area contributed by atoms with Crippen LogP contribution in [0.15, 0.2) is 17.6 Å². The number of ether oxygens (including phenoxy) is 1. The fourth-order valence-corrected chi connectivity index (χ4v) is 1.56. The Morgan fingerprint density at radius 2 is 2.43 bits per heavy atom. The number of nitro groups is 1. The standard InChI is InChI=1S/C8H7NO4S/c1-13-8(10)6-4-7(14-5-6)2-3-9(11)12/h2-5H,1H3. The van der Waals surface area contributed by atoms with E-state index < -0.39 is 10.9 Å². The van der Waals surface area contributed by atoms with Crippen molar-refractivity contribution < 1.29 is 14.5 Å². The summed E-state index contributed by atoms with van der Waals surface area (Å²) in [4.78, 5) is 21.1. The highest BCUT2D eigenvalue weighted by molar-refractivity contribution is 7.11. The van der Waals surface area contributed by atoms with Crippen LogP contribution in [-0.4, -0.2) is 18.0 Å². The third-order valence-corrected chi connectivity index (χ3v) is 2.30. The van der Waals surface area contributed by atoms with E-state index >= 15 is 0 Å². The second-order valence-electron chi connectivity index (χ2n) is 2.33. The molecular formula is C8H7NO4S. The summed E-state index contributed by atoms with van der Waals surface area (Å²) in [6.07, 6.45) is 2.16. The first-order valence-corrected chi connectivity index (χ1v) is 4.50. The van der Waals surface area contributed by atoms with Crippen LogP contribution >= 0.6 is 11.3 Å². The number of carbonyl (C=O) groups excluding carboxylic acids is 1. The van der Waals surface area contributed by atoms with Crippen LogP contribution in [0.3, 0.4) is 0 Å². The average Bonchev–Trinajstić information content (AvgIpc) is 2.62. The van der Waals surface area contributed by atoms with E-state index in [1.54, 1.807) is 5.38 Å². The Bertz CT molecular complexity index is 382. The fraction of sp³-hybridized carbons (Fsp3) is 0.125. The lowest BCUT2D eigenvalue weighted by Crippen LogP contribution is -1.97. The predicted octanol–water partition coefficient (Wildman–Crippen LogP) is 1.78. The Balaban J connectivity index is 2.78. The zero-order valence-corrected chi connectivity index (χ0v) is 8.11. The van der Waals surface area contributed by atoms with E-state index in [0.29, 0.717) is 10.4 Å². The lowest BCUT2D eigenvalue weighted by atomic mass is 10.3. The largest absolute Gasteiger partial charge is 0.465 e. The first kappa shape index (κ1) is 10.4. The van der Waals surface area contributed by atoms with E-state index in [0.717, 1.165) is 6.20 Å². The molecule has 0 radical (unpaired) electrons. The molecule has 0 N–H and O–H groups in total. The number of esters is 1. The van der Waals surface area contributed by atoms with Gasteiger partial charge in [0, 0.05) is 16.3 Å². The number of hydrogen-bond acceptors (Lipinski definition) is 5. The minimum Gasteiger partial charge on any atom is -0.465 e. The summed E-state index contributed by atoms with van der Waals surface area (Å²) in [7, 11) is 1.28. The van der Waals surface area contributed by atoms with Crippen molar-refractivity contribution in [2.45, 2.75) is 0 Å². The molecule has 0 saturated heterocycles. The number of hydrogen-bond donors (Lipinski definition) is 0. The molecule has 0 bridgehead atoms. The van der Waals surface area contributed by atoms with Gasteiger partial charge in [0.05, 0.1) is 17.6 Å². The monoisotopic (exact) mass is 213 g/mol. The lowest BCUT2D eigenvalue weighted by Gasteiger charge is -1.91. The maximum atomic E-state index is 11.0. The summed E-state index contributed by atoms with van der Waals surface area (Å²) >= 11 is 1.24. The van der Waals surface area contributed by atoms with Crippen LogP contribution in [0.4, 0.5) is 0 Å². The van der Waals surface area contributed by atoms with E-state index in [1.807, 2.05) is 0 Å². The quantitative estimate of drug-likeness (QED) is 0.436. The van der Waals surface area contributed by atoms with Crippen molar-refractivity contribution >= 4 is 23.4 Å². The maximum Gasteiger partial charge on any atom is 0.338 e. The summed E-state index contributed by atoms with van der Waals surface area (Å²) in [5, 5.41) is 11.6. The Kier molecular flexibility index (Phi) is 3.35. The van der Waals surface area contributed by atoms with Crippen molar-refractivity contribution in [2.24, 2.45) is 0 Å². The molecule has 0 spiro atoms. The zero-order valence-electron chi connectivity index (χ0n) is 7.30. The molecule has 0 unspecified atom stereocenters. The van der Waals surface area contributed by atoms with Gasteiger partial charge in [-0.3, -0.25) is 10.1 Å². The van der Waals surface area contributed by atoms with Gasteiger partial charge in [-0.2, -0.15) is 0 Å². The van der Waals surface area contributed by atoms with Crippen molar-refractivity contribution in [3.8, 4) is 0 Å². The van der Waals surface area contributed by atoms with Crippen LogP contribution < -0.4 is 0 Å². The second kappa shape index (κ2) is 4.52. The number of methoxy groups -OCH3 is 1. The Hall–Kier alpha value is -1.69. The van der Waals surface area contributed by atoms with E-state index in [2.05, 4.69) is 4.74 Å². The van der Waals surface area contributed by atoms with Gasteiger partial charge >= 0.3 is 5.97 Å². The Labute approximate surface area is 83.8 Å². The van der Waals surface area contributed by atoms with E-state index in [4.69, 9.17) is 0 Å². The molecule has 74 valence electrons. The van der Waals surface area contributed by atoms with Crippen molar-refractivity contribution in [3.63, 3.8) is 0 Å². The van der Waals surface area contributed by atoms with Gasteiger partial charge in [-0.25, -0.2) is 4.79 Å². The second-order valence-corrected chi connectivity index (χ2v) is 3.27. The van der Waals surface area contributed by atoms with Gasteiger partial charge in [0.1, 0.15) is 0 Å². The molecule has 14 heavy (non-hydrogen) atoms. The first-order valence-electron chi connectivity index (χ1n) is 3.62. The summed E-state index contributed by atoms with van der Waals surface area (Å²) in [6.45, 7) is 0. The summed E-state index contributed by atoms with van der Waals surface area (Å²) in [6, 6.07) is 1.54. The van der Waals surface area contributed by atoms with Gasteiger partial charge in [0.15, 0.2) is 0 Å². The number of rotatable bonds is 3. The molecule has 0 aliphatic heterocycles. The van der Waals surface area contributed by atoms with E-state index in [-0.39, 0.29) is 0 Å². The van der Waals surface area contributed by atoms with Gasteiger partial charge in [-0.05, 0) is 6.07 Å². The predicted molar refractivity (Wildman–Crippen MR) is 51.7 cm³/mol. The molecule has 5 nitrogen and oxygen atoms in total. The van der Waals surface area contributed by atoms with Gasteiger partial charge in [0.2, 0.25) is 6.20 Å². The average molecular weight is 213 g/mol. The Morgan fingerprint density at radius 1 is 1.71 bits per heavy atom. The normalized spacial score (nSPS) is 10.4. The van der Waals surface area contributed by atoms with E-state index in [9.17, 15) is 14.9 Å². The van der Waals surface area contributed by atoms with Crippen LogP contribution in [0.2, 0.25) is 0 Å². The molecule has 0 aromatic carbocycles. The van der Waals surface area contributed by atoms with Crippen molar-refractivity contribution in [1.29, 1.82) is 0 Å². The molecule has 1 rings (SSSR count). The third-order valence-electron chi connectivity index (χ3n) is 1.40. The molecule has 1 aromatic rings. The SMILES string of the molecule is COC(=O)c1csc(C=C[N+](=O)[O-])c1. The van der Waals surface area contributed by atoms with Gasteiger partial charge in [-0.1, -0.05) is 0 Å². The summed E-state index contributed by atoms with van der Waals surface area (Å²) < 4.78 is 4.48. The minimum absolute atomic E-state index is 0.403. The van der Waals surface area contributed by atoms with Crippen LogP contribution in [0.1, 0.15) is 15.2 Å². The number of nitrogens with zero attached hydrogens (tertiary/aromatic N) is 1. The van der Waals surface area contributed by atoms with Crippen molar-refractivity contribution in [1.82, 2.24) is 0 Å². The molecule has 0 atom stereocenters. The molecule has 0 amide bonds. The van der Waals surface area contributed by atoms with Crippen LogP contribution in [-0.2, 0) is 4.74 Å². The highest BCUT2D eigenvalue weighted by Gasteiger charge is 2.07. The number of thiophene rings is 1. The molecule has 0 aliphatic carbocycles. The summed E-state index contributed by atoms with van der Waals surface area (Å²) in [5.74, 6) is -0.443. The molecule has 6 heteroatoms. The van der Waals surface area contributed by atoms with Crippen LogP contribution in [0, 0.1) is 10.1 Å². The van der Waals surface area contributed by atoms with Crippen molar-refractivity contribution in [2.75, 3.05) is 7.11 Å². The molecular weight excluding hydrogens is 206 g/mol. The minimum atomic E-state index is -0.558. The summed E-state index contributed by atoms with van der Waals surface area (Å²) in [5.41, 5.74) is 0.403. The molecule has 0 fully saturated rings. The Morgan fingerprint density at radius 3 is 3.00 bits per heavy atom. The highest BCUT2D eigenvalue weighted by atomic mass is 32.1. The van der Waals surface area contributed by atoms with E-state index in [1.165, 1.54) is 30.6 Å². The highest BCUT2D eigenvalue weighted by Crippen LogP contribution is 2.16. The molecule has 1 aromatic heterocycles. The van der Waals surface area contributed by atoms with Crippen LogP contribution in [0.5, 0.6) is 0 Å².